The number of nitrogens with one attached hydrogen (secondary N) is 1. The molecule has 0 saturated carbocycles. The SMILES string of the molecule is CN=C(NCCc1sc(C)nc1C)N(C)Cc1cc(OC)c(OC)cc1C. The maximum Gasteiger partial charge on any atom is 0.193 e. The maximum atomic E-state index is 5.43. The highest BCUT2D eigenvalue weighted by molar-refractivity contribution is 7.11. The van der Waals surface area contributed by atoms with E-state index in [9.17, 15) is 0 Å². The minimum absolute atomic E-state index is 0.727. The van der Waals surface area contributed by atoms with Gasteiger partial charge in [-0.25, -0.2) is 4.98 Å². The van der Waals surface area contributed by atoms with Crippen LogP contribution < -0.4 is 14.8 Å². The predicted molar refractivity (Wildman–Crippen MR) is 112 cm³/mol. The normalized spacial score (nSPS) is 11.4. The third kappa shape index (κ3) is 5.35. The van der Waals surface area contributed by atoms with Gasteiger partial charge in [-0.15, -0.1) is 11.3 Å². The van der Waals surface area contributed by atoms with Gasteiger partial charge in [-0.05, 0) is 44.0 Å². The highest BCUT2D eigenvalue weighted by Gasteiger charge is 2.13. The Kier molecular flexibility index (Phi) is 7.47. The van der Waals surface area contributed by atoms with E-state index in [0.29, 0.717) is 0 Å². The number of guanidine groups is 1. The lowest BCUT2D eigenvalue weighted by Gasteiger charge is -2.23. The van der Waals surface area contributed by atoms with Crippen LogP contribution in [0.15, 0.2) is 17.1 Å². The Morgan fingerprint density at radius 1 is 1.19 bits per heavy atom. The number of benzene rings is 1. The van der Waals surface area contributed by atoms with E-state index in [2.05, 4.69) is 34.0 Å². The first kappa shape index (κ1) is 21.0. The number of thiazole rings is 1. The van der Waals surface area contributed by atoms with Crippen molar-refractivity contribution in [3.05, 3.63) is 38.8 Å². The molecule has 148 valence electrons. The molecule has 0 unspecified atom stereocenters. The van der Waals surface area contributed by atoms with Crippen LogP contribution in [0.3, 0.4) is 0 Å². The molecule has 1 aromatic heterocycles. The highest BCUT2D eigenvalue weighted by Crippen LogP contribution is 2.30. The molecule has 0 amide bonds. The lowest BCUT2D eigenvalue weighted by molar-refractivity contribution is 0.353. The second-order valence-corrected chi connectivity index (χ2v) is 7.74. The van der Waals surface area contributed by atoms with Crippen LogP contribution in [-0.4, -0.2) is 50.7 Å². The minimum Gasteiger partial charge on any atom is -0.493 e. The summed E-state index contributed by atoms with van der Waals surface area (Å²) in [6.07, 6.45) is 0.944. The molecule has 0 aliphatic heterocycles. The number of hydrogen-bond donors (Lipinski definition) is 1. The van der Waals surface area contributed by atoms with Gasteiger partial charge in [-0.1, -0.05) is 0 Å². The van der Waals surface area contributed by atoms with Gasteiger partial charge in [0.25, 0.3) is 0 Å². The van der Waals surface area contributed by atoms with Gasteiger partial charge in [-0.2, -0.15) is 0 Å². The lowest BCUT2D eigenvalue weighted by atomic mass is 10.1. The lowest BCUT2D eigenvalue weighted by Crippen LogP contribution is -2.39. The molecule has 0 aliphatic carbocycles. The van der Waals surface area contributed by atoms with Gasteiger partial charge in [0.1, 0.15) is 0 Å². The van der Waals surface area contributed by atoms with Gasteiger partial charge < -0.3 is 19.7 Å². The smallest absolute Gasteiger partial charge is 0.193 e. The number of nitrogens with zero attached hydrogens (tertiary/aromatic N) is 3. The predicted octanol–water partition coefficient (Wildman–Crippen LogP) is 3.34. The average Bonchev–Trinajstić information content (AvgIpc) is 2.97. The summed E-state index contributed by atoms with van der Waals surface area (Å²) in [6, 6.07) is 4.04. The van der Waals surface area contributed by atoms with Crippen LogP contribution in [0.5, 0.6) is 11.5 Å². The van der Waals surface area contributed by atoms with E-state index < -0.39 is 0 Å². The summed E-state index contributed by atoms with van der Waals surface area (Å²) in [6.45, 7) is 7.75. The Bertz CT molecular complexity index is 802. The summed E-state index contributed by atoms with van der Waals surface area (Å²) in [7, 11) is 7.15. The van der Waals surface area contributed by atoms with Gasteiger partial charge in [0.2, 0.25) is 0 Å². The number of aryl methyl sites for hydroxylation is 3. The Morgan fingerprint density at radius 2 is 1.85 bits per heavy atom. The molecule has 1 aromatic carbocycles. The molecule has 1 N–H and O–H groups in total. The van der Waals surface area contributed by atoms with E-state index in [0.717, 1.165) is 53.2 Å². The molecule has 0 saturated heterocycles. The van der Waals surface area contributed by atoms with Crippen LogP contribution in [-0.2, 0) is 13.0 Å². The number of methoxy groups -OCH3 is 2. The Balaban J connectivity index is 2.00. The summed E-state index contributed by atoms with van der Waals surface area (Å²) in [5.74, 6) is 2.35. The molecule has 0 atom stereocenters. The molecular formula is C20H30N4O2S. The van der Waals surface area contributed by atoms with Crippen molar-refractivity contribution in [1.29, 1.82) is 0 Å². The van der Waals surface area contributed by atoms with Crippen molar-refractivity contribution < 1.29 is 9.47 Å². The number of aromatic nitrogens is 1. The van der Waals surface area contributed by atoms with Gasteiger partial charge in [-0.3, -0.25) is 4.99 Å². The third-order valence-electron chi connectivity index (χ3n) is 4.46. The zero-order valence-electron chi connectivity index (χ0n) is 17.3. The second-order valence-electron chi connectivity index (χ2n) is 6.46. The van der Waals surface area contributed by atoms with Crippen molar-refractivity contribution in [1.82, 2.24) is 15.2 Å². The van der Waals surface area contributed by atoms with Gasteiger partial charge in [0.05, 0.1) is 24.9 Å². The second kappa shape index (κ2) is 9.60. The number of ether oxygens (including phenoxy) is 2. The van der Waals surface area contributed by atoms with Crippen molar-refractivity contribution >= 4 is 17.3 Å². The van der Waals surface area contributed by atoms with E-state index >= 15 is 0 Å². The first-order valence-electron chi connectivity index (χ1n) is 8.95. The molecule has 0 aliphatic rings. The summed E-state index contributed by atoms with van der Waals surface area (Å²) in [5.41, 5.74) is 3.46. The quantitative estimate of drug-likeness (QED) is 0.580. The highest BCUT2D eigenvalue weighted by atomic mass is 32.1. The first-order valence-corrected chi connectivity index (χ1v) is 9.77. The number of hydrogen-bond acceptors (Lipinski definition) is 5. The monoisotopic (exact) mass is 390 g/mol. The van der Waals surface area contributed by atoms with E-state index in [1.54, 1.807) is 25.6 Å². The van der Waals surface area contributed by atoms with Crippen molar-refractivity contribution in [2.75, 3.05) is 34.9 Å². The number of rotatable bonds is 7. The average molecular weight is 391 g/mol. The largest absolute Gasteiger partial charge is 0.493 e. The van der Waals surface area contributed by atoms with Crippen molar-refractivity contribution in [2.24, 2.45) is 4.99 Å². The number of aliphatic imine (C=N–C) groups is 1. The van der Waals surface area contributed by atoms with Crippen LogP contribution in [0.1, 0.15) is 26.7 Å². The Morgan fingerprint density at radius 3 is 2.41 bits per heavy atom. The molecule has 6 nitrogen and oxygen atoms in total. The van der Waals surface area contributed by atoms with Gasteiger partial charge in [0, 0.05) is 38.5 Å². The van der Waals surface area contributed by atoms with Crippen molar-refractivity contribution in [3.63, 3.8) is 0 Å². The molecule has 27 heavy (non-hydrogen) atoms. The molecule has 2 aromatic rings. The van der Waals surface area contributed by atoms with E-state index in [-0.39, 0.29) is 0 Å². The summed E-state index contributed by atoms with van der Waals surface area (Å²) >= 11 is 1.76. The fourth-order valence-corrected chi connectivity index (χ4v) is 3.94. The molecular weight excluding hydrogens is 360 g/mol. The van der Waals surface area contributed by atoms with Gasteiger partial charge in [0.15, 0.2) is 17.5 Å². The molecule has 7 heteroatoms. The van der Waals surface area contributed by atoms with Crippen molar-refractivity contribution in [3.8, 4) is 11.5 Å². The van der Waals surface area contributed by atoms with Crippen LogP contribution in [0.4, 0.5) is 0 Å². The molecule has 0 fully saturated rings. The Labute approximate surface area is 166 Å². The molecule has 0 spiro atoms. The van der Waals surface area contributed by atoms with E-state index in [4.69, 9.17) is 9.47 Å². The summed E-state index contributed by atoms with van der Waals surface area (Å²) in [5, 5.41) is 4.56. The summed E-state index contributed by atoms with van der Waals surface area (Å²) < 4.78 is 10.8. The standard InChI is InChI=1S/C20H30N4O2S/c1-13-10-17(25-6)18(26-7)11-16(13)12-24(5)20(21-4)22-9-8-19-14(2)23-15(3)27-19/h10-11H,8-9,12H2,1-7H3,(H,21,22). The fourth-order valence-electron chi connectivity index (χ4n) is 3.00. The Hall–Kier alpha value is -2.28. The fraction of sp³-hybridized carbons (Fsp3) is 0.500. The molecule has 1 heterocycles. The van der Waals surface area contributed by atoms with Gasteiger partial charge >= 0.3 is 0 Å². The minimum atomic E-state index is 0.727. The third-order valence-corrected chi connectivity index (χ3v) is 5.59. The molecule has 0 radical (unpaired) electrons. The summed E-state index contributed by atoms with van der Waals surface area (Å²) in [4.78, 5) is 12.3. The zero-order valence-corrected chi connectivity index (χ0v) is 18.2. The first-order chi connectivity index (χ1) is 12.9. The van der Waals surface area contributed by atoms with E-state index in [1.165, 1.54) is 10.4 Å². The van der Waals surface area contributed by atoms with E-state index in [1.807, 2.05) is 33.2 Å². The van der Waals surface area contributed by atoms with Crippen molar-refractivity contribution in [2.45, 2.75) is 33.7 Å². The topological polar surface area (TPSA) is 59.0 Å². The van der Waals surface area contributed by atoms with Crippen LogP contribution in [0.2, 0.25) is 0 Å². The zero-order chi connectivity index (χ0) is 20.0. The van der Waals surface area contributed by atoms with Crippen LogP contribution in [0.25, 0.3) is 0 Å². The van der Waals surface area contributed by atoms with Crippen LogP contribution >= 0.6 is 11.3 Å². The molecule has 0 bridgehead atoms. The van der Waals surface area contributed by atoms with Crippen LogP contribution in [0, 0.1) is 20.8 Å². The maximum absolute atomic E-state index is 5.43. The molecule has 2 rings (SSSR count).